The van der Waals surface area contributed by atoms with Gasteiger partial charge in [-0.3, -0.25) is 0 Å². The highest BCUT2D eigenvalue weighted by molar-refractivity contribution is 6.33. The molecule has 1 saturated carbocycles. The Morgan fingerprint density at radius 3 is 2.37 bits per heavy atom. The molecule has 1 aliphatic heterocycles. The molecular weight excluding hydrogens is 464 g/mol. The van der Waals surface area contributed by atoms with Crippen LogP contribution in [-0.2, 0) is 9.47 Å². The van der Waals surface area contributed by atoms with Crippen LogP contribution in [0.4, 0.5) is 11.6 Å². The number of nitrogens with one attached hydrogen (secondary N) is 3. The van der Waals surface area contributed by atoms with Crippen molar-refractivity contribution in [2.45, 2.75) is 57.5 Å². The number of anilines is 2. The number of nitrogens with zero attached hydrogens (tertiary/aromatic N) is 3. The molecule has 0 radical (unpaired) electrons. The SMILES string of the molecule is COCC(C)NC1CCC(CNc2cc(-c3cc(NCC4CCOCC4)ncn3)c(Cl)cn2)CC1. The molecular formula is C26H39ClN6O2. The van der Waals surface area contributed by atoms with Crippen LogP contribution < -0.4 is 16.0 Å². The molecule has 2 fully saturated rings. The first-order valence-electron chi connectivity index (χ1n) is 12.9. The van der Waals surface area contributed by atoms with Crippen molar-refractivity contribution in [3.63, 3.8) is 0 Å². The molecule has 1 atom stereocenters. The molecule has 2 aromatic rings. The number of rotatable bonds is 11. The van der Waals surface area contributed by atoms with Crippen molar-refractivity contribution in [3.05, 3.63) is 29.7 Å². The van der Waals surface area contributed by atoms with Gasteiger partial charge in [0.05, 0.1) is 17.3 Å². The third-order valence-corrected chi connectivity index (χ3v) is 7.37. The molecule has 2 aliphatic rings. The van der Waals surface area contributed by atoms with Gasteiger partial charge in [0.15, 0.2) is 0 Å². The third-order valence-electron chi connectivity index (χ3n) is 7.07. The Morgan fingerprint density at radius 2 is 1.66 bits per heavy atom. The number of ether oxygens (including phenoxy) is 2. The maximum atomic E-state index is 6.51. The fourth-order valence-electron chi connectivity index (χ4n) is 5.01. The van der Waals surface area contributed by atoms with E-state index in [0.29, 0.717) is 28.9 Å². The summed E-state index contributed by atoms with van der Waals surface area (Å²) < 4.78 is 10.7. The van der Waals surface area contributed by atoms with Crippen molar-refractivity contribution in [3.8, 4) is 11.3 Å². The lowest BCUT2D eigenvalue weighted by molar-refractivity contribution is 0.0699. The standard InChI is InChI=1S/C26H39ClN6O2/c1-18(16-34-2)33-21-5-3-19(4-6-21)13-28-25-11-22(23(27)15-30-25)24-12-26(32-17-31-24)29-14-20-7-9-35-10-8-20/h11-12,15,17-21,33H,3-10,13-14,16H2,1-2H3,(H,28,30)(H,29,31,32). The molecule has 9 heteroatoms. The molecule has 35 heavy (non-hydrogen) atoms. The quantitative estimate of drug-likeness (QED) is 0.409. The van der Waals surface area contributed by atoms with Gasteiger partial charge in [-0.05, 0) is 63.4 Å². The fraction of sp³-hybridized carbons (Fsp3) is 0.654. The van der Waals surface area contributed by atoms with Gasteiger partial charge in [-0.25, -0.2) is 15.0 Å². The van der Waals surface area contributed by atoms with Gasteiger partial charge in [-0.15, -0.1) is 0 Å². The zero-order valence-corrected chi connectivity index (χ0v) is 21.7. The normalized spacial score (nSPS) is 22.0. The van der Waals surface area contributed by atoms with E-state index in [9.17, 15) is 0 Å². The fourth-order valence-corrected chi connectivity index (χ4v) is 5.22. The van der Waals surface area contributed by atoms with E-state index in [1.54, 1.807) is 19.6 Å². The van der Waals surface area contributed by atoms with E-state index in [1.807, 2.05) is 12.1 Å². The van der Waals surface area contributed by atoms with Crippen molar-refractivity contribution in [2.24, 2.45) is 11.8 Å². The first-order valence-corrected chi connectivity index (χ1v) is 13.3. The molecule has 0 aromatic carbocycles. The summed E-state index contributed by atoms with van der Waals surface area (Å²) in [7, 11) is 1.76. The van der Waals surface area contributed by atoms with Crippen LogP contribution in [0.5, 0.6) is 0 Å². The zero-order chi connectivity index (χ0) is 24.5. The summed E-state index contributed by atoms with van der Waals surface area (Å²) in [5, 5.41) is 11.3. The minimum absolute atomic E-state index is 0.399. The number of methoxy groups -OCH3 is 1. The van der Waals surface area contributed by atoms with Crippen LogP contribution >= 0.6 is 11.6 Å². The van der Waals surface area contributed by atoms with E-state index < -0.39 is 0 Å². The Labute approximate surface area is 214 Å². The van der Waals surface area contributed by atoms with Crippen LogP contribution in [0.2, 0.25) is 5.02 Å². The summed E-state index contributed by atoms with van der Waals surface area (Å²) in [6.07, 6.45) is 10.3. The van der Waals surface area contributed by atoms with Gasteiger partial charge in [0.2, 0.25) is 0 Å². The van der Waals surface area contributed by atoms with Crippen LogP contribution in [-0.4, -0.2) is 67.1 Å². The van der Waals surface area contributed by atoms with Crippen molar-refractivity contribution < 1.29 is 9.47 Å². The number of hydrogen-bond acceptors (Lipinski definition) is 8. The highest BCUT2D eigenvalue weighted by atomic mass is 35.5. The molecule has 4 rings (SSSR count). The van der Waals surface area contributed by atoms with Gasteiger partial charge in [0.25, 0.3) is 0 Å². The lowest BCUT2D eigenvalue weighted by atomic mass is 9.85. The number of aromatic nitrogens is 3. The van der Waals surface area contributed by atoms with Crippen molar-refractivity contribution in [1.29, 1.82) is 0 Å². The summed E-state index contributed by atoms with van der Waals surface area (Å²) in [4.78, 5) is 13.4. The Bertz CT molecular complexity index is 918. The predicted octanol–water partition coefficient (Wildman–Crippen LogP) is 4.63. The first kappa shape index (κ1) is 26.1. The first-order chi connectivity index (χ1) is 17.1. The maximum Gasteiger partial charge on any atom is 0.129 e. The highest BCUT2D eigenvalue weighted by Crippen LogP contribution is 2.30. The van der Waals surface area contributed by atoms with Crippen LogP contribution in [0.1, 0.15) is 45.4 Å². The van der Waals surface area contributed by atoms with Crippen molar-refractivity contribution >= 4 is 23.2 Å². The van der Waals surface area contributed by atoms with Crippen LogP contribution in [0, 0.1) is 11.8 Å². The Morgan fingerprint density at radius 1 is 0.971 bits per heavy atom. The van der Waals surface area contributed by atoms with E-state index >= 15 is 0 Å². The summed E-state index contributed by atoms with van der Waals surface area (Å²) >= 11 is 6.51. The lowest BCUT2D eigenvalue weighted by Gasteiger charge is -2.31. The van der Waals surface area contributed by atoms with E-state index in [4.69, 9.17) is 21.1 Å². The largest absolute Gasteiger partial charge is 0.383 e. The Balaban J connectivity index is 1.29. The molecule has 3 heterocycles. The number of hydrogen-bond donors (Lipinski definition) is 3. The monoisotopic (exact) mass is 502 g/mol. The summed E-state index contributed by atoms with van der Waals surface area (Å²) in [6.45, 7) is 6.43. The van der Waals surface area contributed by atoms with E-state index in [-0.39, 0.29) is 0 Å². The Hall–Kier alpha value is -2.00. The molecule has 0 bridgehead atoms. The molecule has 0 amide bonds. The van der Waals surface area contributed by atoms with E-state index in [0.717, 1.165) is 68.6 Å². The zero-order valence-electron chi connectivity index (χ0n) is 20.9. The van der Waals surface area contributed by atoms with Crippen LogP contribution in [0.25, 0.3) is 11.3 Å². The topological polar surface area (TPSA) is 93.2 Å². The second-order valence-corrected chi connectivity index (χ2v) is 10.3. The summed E-state index contributed by atoms with van der Waals surface area (Å²) in [6, 6.07) is 4.94. The average Bonchev–Trinajstić information content (AvgIpc) is 2.89. The van der Waals surface area contributed by atoms with E-state index in [1.165, 1.54) is 25.7 Å². The van der Waals surface area contributed by atoms with Gasteiger partial charge in [0, 0.05) is 63.3 Å². The van der Waals surface area contributed by atoms with E-state index in [2.05, 4.69) is 37.8 Å². The maximum absolute atomic E-state index is 6.51. The second kappa shape index (κ2) is 13.3. The van der Waals surface area contributed by atoms with Gasteiger partial charge >= 0.3 is 0 Å². The lowest BCUT2D eigenvalue weighted by Crippen LogP contribution is -2.41. The van der Waals surface area contributed by atoms with Crippen LogP contribution in [0.15, 0.2) is 24.7 Å². The number of halogens is 1. The molecule has 8 nitrogen and oxygen atoms in total. The molecule has 3 N–H and O–H groups in total. The smallest absolute Gasteiger partial charge is 0.129 e. The molecule has 0 spiro atoms. The van der Waals surface area contributed by atoms with Gasteiger partial charge in [0.1, 0.15) is 18.0 Å². The van der Waals surface area contributed by atoms with Gasteiger partial charge in [-0.2, -0.15) is 0 Å². The predicted molar refractivity (Wildman–Crippen MR) is 141 cm³/mol. The molecule has 1 unspecified atom stereocenters. The van der Waals surface area contributed by atoms with Crippen LogP contribution in [0.3, 0.4) is 0 Å². The summed E-state index contributed by atoms with van der Waals surface area (Å²) in [5.74, 6) is 2.90. The Kier molecular flexibility index (Phi) is 9.94. The third kappa shape index (κ3) is 8.00. The van der Waals surface area contributed by atoms with Crippen molar-refractivity contribution in [2.75, 3.05) is 50.7 Å². The summed E-state index contributed by atoms with van der Waals surface area (Å²) in [5.41, 5.74) is 1.66. The molecule has 2 aromatic heterocycles. The van der Waals surface area contributed by atoms with Gasteiger partial charge in [-0.1, -0.05) is 11.6 Å². The van der Waals surface area contributed by atoms with Crippen molar-refractivity contribution in [1.82, 2.24) is 20.3 Å². The molecule has 1 saturated heterocycles. The molecule has 1 aliphatic carbocycles. The minimum atomic E-state index is 0.399. The van der Waals surface area contributed by atoms with Gasteiger partial charge < -0.3 is 25.4 Å². The number of pyridine rings is 1. The molecule has 192 valence electrons. The highest BCUT2D eigenvalue weighted by Gasteiger charge is 2.22. The average molecular weight is 503 g/mol. The second-order valence-electron chi connectivity index (χ2n) is 9.90. The minimum Gasteiger partial charge on any atom is -0.383 e.